The maximum atomic E-state index is 12.5. The minimum atomic E-state index is -5.01. The summed E-state index contributed by atoms with van der Waals surface area (Å²) in [7, 11) is 0. The smallest absolute Gasteiger partial charge is 0.366 e. The van der Waals surface area contributed by atoms with Crippen molar-refractivity contribution in [2.24, 2.45) is 5.73 Å². The molecule has 1 saturated heterocycles. The summed E-state index contributed by atoms with van der Waals surface area (Å²) < 4.78 is 37.6. The van der Waals surface area contributed by atoms with Crippen molar-refractivity contribution in [1.29, 1.82) is 0 Å². The molecule has 0 saturated carbocycles. The van der Waals surface area contributed by atoms with Crippen LogP contribution in [0.5, 0.6) is 0 Å². The first-order valence-electron chi connectivity index (χ1n) is 6.78. The molecular weight excluding hydrogens is 315 g/mol. The van der Waals surface area contributed by atoms with Crippen LogP contribution >= 0.6 is 0 Å². The summed E-state index contributed by atoms with van der Waals surface area (Å²) in [5, 5.41) is 2.43. The molecule has 1 unspecified atom stereocenters. The number of anilines is 1. The zero-order chi connectivity index (χ0) is 17.2. The van der Waals surface area contributed by atoms with E-state index in [0.717, 1.165) is 0 Å². The lowest BCUT2D eigenvalue weighted by Gasteiger charge is -2.24. The normalized spacial score (nSPS) is 17.9. The van der Waals surface area contributed by atoms with E-state index in [4.69, 9.17) is 5.73 Å². The largest absolute Gasteiger partial charge is 0.471 e. The number of carbonyl (C=O) groups excluding carboxylic acids is 3. The summed E-state index contributed by atoms with van der Waals surface area (Å²) >= 11 is 0. The predicted molar refractivity (Wildman–Crippen MR) is 74.4 cm³/mol. The Kier molecular flexibility index (Phi) is 4.57. The summed E-state index contributed by atoms with van der Waals surface area (Å²) in [5.41, 5.74) is 5.61. The van der Waals surface area contributed by atoms with Crippen molar-refractivity contribution in [3.05, 3.63) is 29.8 Å². The van der Waals surface area contributed by atoms with Crippen LogP contribution < -0.4 is 11.1 Å². The van der Waals surface area contributed by atoms with Gasteiger partial charge >= 0.3 is 12.1 Å². The standard InChI is InChI=1S/C14H14F3N3O3/c15-14(16,17)13(23)20-7-1-2-10(20)12(22)19-9-5-3-8(4-6-9)11(18)21/h3-6,10H,1-2,7H2,(H2,18,21)(H,19,22). The second-order valence-corrected chi connectivity index (χ2v) is 5.09. The van der Waals surface area contributed by atoms with E-state index in [1.165, 1.54) is 24.3 Å². The number of nitrogens with two attached hydrogens (primary N) is 1. The van der Waals surface area contributed by atoms with Crippen molar-refractivity contribution >= 4 is 23.4 Å². The fourth-order valence-electron chi connectivity index (χ4n) is 2.39. The molecule has 0 spiro atoms. The summed E-state index contributed by atoms with van der Waals surface area (Å²) in [6.07, 6.45) is -4.53. The molecule has 1 aromatic carbocycles. The Morgan fingerprint density at radius 1 is 1.17 bits per heavy atom. The van der Waals surface area contributed by atoms with E-state index in [0.29, 0.717) is 17.0 Å². The maximum absolute atomic E-state index is 12.5. The third-order valence-corrected chi connectivity index (χ3v) is 3.50. The quantitative estimate of drug-likeness (QED) is 0.875. The van der Waals surface area contributed by atoms with Gasteiger partial charge in [-0.05, 0) is 37.1 Å². The Balaban J connectivity index is 2.07. The number of carbonyl (C=O) groups is 3. The van der Waals surface area contributed by atoms with Gasteiger partial charge in [0.25, 0.3) is 0 Å². The maximum Gasteiger partial charge on any atom is 0.471 e. The van der Waals surface area contributed by atoms with E-state index in [1.807, 2.05) is 0 Å². The van der Waals surface area contributed by atoms with Crippen LogP contribution in [0.2, 0.25) is 0 Å². The SMILES string of the molecule is NC(=O)c1ccc(NC(=O)C2CCCN2C(=O)C(F)(F)F)cc1. The highest BCUT2D eigenvalue weighted by molar-refractivity contribution is 5.99. The highest BCUT2D eigenvalue weighted by Gasteiger charge is 2.47. The van der Waals surface area contributed by atoms with Gasteiger partial charge in [-0.2, -0.15) is 13.2 Å². The molecule has 0 radical (unpaired) electrons. The molecule has 9 heteroatoms. The van der Waals surface area contributed by atoms with Crippen LogP contribution in [-0.4, -0.2) is 41.4 Å². The summed E-state index contributed by atoms with van der Waals surface area (Å²) in [6, 6.07) is 4.40. The molecule has 124 valence electrons. The molecule has 0 aromatic heterocycles. The monoisotopic (exact) mass is 329 g/mol. The molecular formula is C14H14F3N3O3. The van der Waals surface area contributed by atoms with Crippen LogP contribution in [0.4, 0.5) is 18.9 Å². The number of alkyl halides is 3. The molecule has 1 aliphatic heterocycles. The number of rotatable bonds is 3. The Morgan fingerprint density at radius 2 is 1.78 bits per heavy atom. The second-order valence-electron chi connectivity index (χ2n) is 5.09. The van der Waals surface area contributed by atoms with Gasteiger partial charge in [-0.3, -0.25) is 14.4 Å². The van der Waals surface area contributed by atoms with Crippen molar-refractivity contribution < 1.29 is 27.6 Å². The number of halogens is 3. The first-order chi connectivity index (χ1) is 10.7. The number of likely N-dealkylation sites (tertiary alicyclic amines) is 1. The van der Waals surface area contributed by atoms with Gasteiger partial charge in [0.2, 0.25) is 11.8 Å². The van der Waals surface area contributed by atoms with Gasteiger partial charge in [0.1, 0.15) is 6.04 Å². The van der Waals surface area contributed by atoms with Gasteiger partial charge in [0.15, 0.2) is 0 Å². The van der Waals surface area contributed by atoms with Crippen molar-refractivity contribution in [3.63, 3.8) is 0 Å². The molecule has 1 aromatic rings. The van der Waals surface area contributed by atoms with E-state index in [9.17, 15) is 27.6 Å². The fourth-order valence-corrected chi connectivity index (χ4v) is 2.39. The van der Waals surface area contributed by atoms with E-state index >= 15 is 0 Å². The van der Waals surface area contributed by atoms with Crippen LogP contribution in [0.15, 0.2) is 24.3 Å². The third-order valence-electron chi connectivity index (χ3n) is 3.50. The lowest BCUT2D eigenvalue weighted by Crippen LogP contribution is -2.48. The molecule has 1 heterocycles. The zero-order valence-electron chi connectivity index (χ0n) is 11.9. The van der Waals surface area contributed by atoms with E-state index in [1.54, 1.807) is 0 Å². The third kappa shape index (κ3) is 3.79. The molecule has 23 heavy (non-hydrogen) atoms. The van der Waals surface area contributed by atoms with Crippen LogP contribution in [0.3, 0.4) is 0 Å². The summed E-state index contributed by atoms with van der Waals surface area (Å²) in [4.78, 5) is 34.9. The number of primary amides is 1. The molecule has 1 aliphatic rings. The first-order valence-corrected chi connectivity index (χ1v) is 6.78. The van der Waals surface area contributed by atoms with Crippen LogP contribution in [-0.2, 0) is 9.59 Å². The molecule has 0 aliphatic carbocycles. The second kappa shape index (κ2) is 6.27. The first kappa shape index (κ1) is 16.8. The minimum absolute atomic E-state index is 0.114. The fraction of sp³-hybridized carbons (Fsp3) is 0.357. The number of hydrogen-bond acceptors (Lipinski definition) is 3. The van der Waals surface area contributed by atoms with Crippen molar-refractivity contribution in [1.82, 2.24) is 4.90 Å². The van der Waals surface area contributed by atoms with Gasteiger partial charge in [0.05, 0.1) is 0 Å². The Morgan fingerprint density at radius 3 is 2.30 bits per heavy atom. The highest BCUT2D eigenvalue weighted by atomic mass is 19.4. The summed E-state index contributed by atoms with van der Waals surface area (Å²) in [6.45, 7) is -0.114. The number of amides is 3. The van der Waals surface area contributed by atoms with Crippen LogP contribution in [0, 0.1) is 0 Å². The number of nitrogens with one attached hydrogen (secondary N) is 1. The Hall–Kier alpha value is -2.58. The van der Waals surface area contributed by atoms with Crippen LogP contribution in [0.25, 0.3) is 0 Å². The molecule has 3 N–H and O–H groups in total. The molecule has 6 nitrogen and oxygen atoms in total. The number of benzene rings is 1. The van der Waals surface area contributed by atoms with Gasteiger partial charge < -0.3 is 16.0 Å². The van der Waals surface area contributed by atoms with Gasteiger partial charge in [0, 0.05) is 17.8 Å². The van der Waals surface area contributed by atoms with Crippen LogP contribution in [0.1, 0.15) is 23.2 Å². The molecule has 0 bridgehead atoms. The average Bonchev–Trinajstić information content (AvgIpc) is 2.95. The molecule has 2 rings (SSSR count). The Bertz CT molecular complexity index is 628. The van der Waals surface area contributed by atoms with Gasteiger partial charge in [-0.15, -0.1) is 0 Å². The van der Waals surface area contributed by atoms with E-state index in [-0.39, 0.29) is 18.5 Å². The van der Waals surface area contributed by atoms with Crippen molar-refractivity contribution in [3.8, 4) is 0 Å². The molecule has 1 fully saturated rings. The molecule has 3 amide bonds. The van der Waals surface area contributed by atoms with Crippen molar-refractivity contribution in [2.45, 2.75) is 25.1 Å². The summed E-state index contributed by atoms with van der Waals surface area (Å²) in [5.74, 6) is -3.35. The zero-order valence-corrected chi connectivity index (χ0v) is 11.9. The van der Waals surface area contributed by atoms with Crippen molar-refractivity contribution in [2.75, 3.05) is 11.9 Å². The average molecular weight is 329 g/mol. The topological polar surface area (TPSA) is 92.5 Å². The Labute approximate surface area is 129 Å². The minimum Gasteiger partial charge on any atom is -0.366 e. The number of nitrogens with zero attached hydrogens (tertiary/aromatic N) is 1. The highest BCUT2D eigenvalue weighted by Crippen LogP contribution is 2.26. The molecule has 1 atom stereocenters. The van der Waals surface area contributed by atoms with E-state index < -0.39 is 29.9 Å². The van der Waals surface area contributed by atoms with Gasteiger partial charge in [-0.1, -0.05) is 0 Å². The predicted octanol–water partition coefficient (Wildman–Crippen LogP) is 1.28. The van der Waals surface area contributed by atoms with E-state index in [2.05, 4.69) is 5.32 Å². The van der Waals surface area contributed by atoms with Gasteiger partial charge in [-0.25, -0.2) is 0 Å². The lowest BCUT2D eigenvalue weighted by molar-refractivity contribution is -0.186. The number of hydrogen-bond donors (Lipinski definition) is 2. The lowest BCUT2D eigenvalue weighted by atomic mass is 10.1.